The number of halogens is 3. The normalized spacial score (nSPS) is 32.6. The Morgan fingerprint density at radius 1 is 0.527 bits per heavy atom. The summed E-state index contributed by atoms with van der Waals surface area (Å²) in [6.45, 7) is 5.80. The van der Waals surface area contributed by atoms with Crippen LogP contribution in [0.5, 0.6) is 0 Å². The van der Waals surface area contributed by atoms with Crippen molar-refractivity contribution >= 4 is 0 Å². The van der Waals surface area contributed by atoms with E-state index in [1.807, 2.05) is 105 Å². The van der Waals surface area contributed by atoms with Crippen molar-refractivity contribution in [3.63, 3.8) is 0 Å². The molecule has 4 aliphatic heterocycles. The van der Waals surface area contributed by atoms with Crippen LogP contribution in [0.2, 0.25) is 0 Å². The fourth-order valence-corrected chi connectivity index (χ4v) is 7.32. The predicted octanol–water partition coefficient (Wildman–Crippen LogP) is 6.46. The van der Waals surface area contributed by atoms with Crippen LogP contribution >= 0.6 is 0 Å². The molecule has 7 rings (SSSR count). The summed E-state index contributed by atoms with van der Waals surface area (Å²) in [5.74, 6) is -1.86. The zero-order valence-electron chi connectivity index (χ0n) is 31.3. The van der Waals surface area contributed by atoms with E-state index >= 15 is 0 Å². The molecule has 10 atom stereocenters. The summed E-state index contributed by atoms with van der Waals surface area (Å²) in [6, 6.07) is 28.1. The first-order valence-electron chi connectivity index (χ1n) is 18.6. The second-order valence-electron chi connectivity index (χ2n) is 15.0. The highest BCUT2D eigenvalue weighted by molar-refractivity contribution is 5.15. The van der Waals surface area contributed by atoms with Crippen LogP contribution in [-0.2, 0) is 71.9 Å². The molecule has 0 unspecified atom stereocenters. The molecule has 55 heavy (non-hydrogen) atoms. The SMILES string of the molecule is CC1(C)O[C@H]2[C@@H](O1)[C@@H](CO[C@@H]1O[C@H](COCc3ccccc3)[C@H](OCC(F)(F)F)[C@H](OCc3ccccc3)[C@H]1OCc1ccccc1)O[C@@H]1OC(C)(C)O[C@@H]12. The minimum atomic E-state index is -4.63. The van der Waals surface area contributed by atoms with Crippen LogP contribution in [0.15, 0.2) is 91.0 Å². The molecular formula is C41H49F3O11. The van der Waals surface area contributed by atoms with Gasteiger partial charge in [-0.3, -0.25) is 0 Å². The Kier molecular flexibility index (Phi) is 12.6. The van der Waals surface area contributed by atoms with E-state index in [1.54, 1.807) is 13.8 Å². The molecule has 0 amide bonds. The Morgan fingerprint density at radius 2 is 1.05 bits per heavy atom. The molecule has 3 aromatic carbocycles. The molecule has 300 valence electrons. The number of hydrogen-bond donors (Lipinski definition) is 0. The highest BCUT2D eigenvalue weighted by Crippen LogP contribution is 2.44. The van der Waals surface area contributed by atoms with Gasteiger partial charge >= 0.3 is 6.18 Å². The molecule has 14 heteroatoms. The third-order valence-electron chi connectivity index (χ3n) is 9.67. The lowest BCUT2D eigenvalue weighted by atomic mass is 9.97. The van der Waals surface area contributed by atoms with Crippen LogP contribution in [0.4, 0.5) is 13.2 Å². The number of ether oxygens (including phenoxy) is 11. The Balaban J connectivity index is 1.18. The van der Waals surface area contributed by atoms with Gasteiger partial charge in [0.2, 0.25) is 0 Å². The van der Waals surface area contributed by atoms with Crippen molar-refractivity contribution in [1.82, 2.24) is 0 Å². The smallest absolute Gasteiger partial charge is 0.374 e. The summed E-state index contributed by atoms with van der Waals surface area (Å²) in [6.07, 6.45) is -13.4. The van der Waals surface area contributed by atoms with Gasteiger partial charge < -0.3 is 52.1 Å². The highest BCUT2D eigenvalue weighted by atomic mass is 19.4. The molecule has 0 aromatic heterocycles. The van der Waals surface area contributed by atoms with Crippen molar-refractivity contribution in [3.05, 3.63) is 108 Å². The number of fused-ring (bicyclic) bond motifs is 3. The van der Waals surface area contributed by atoms with Gasteiger partial charge in [0.15, 0.2) is 24.2 Å². The molecule has 0 saturated carbocycles. The number of hydrogen-bond acceptors (Lipinski definition) is 11. The first-order valence-corrected chi connectivity index (χ1v) is 18.6. The standard InChI is InChI=1S/C41H49F3O11/c1-39(2)52-32-30(51-38-36(34(32)53-39)54-40(3,4)55-38)24-48-37-35(47-22-28-18-12-7-13-19-28)33(46-21-27-16-10-6-11-17-27)31(49-25-41(42,43)44)29(50-37)23-45-20-26-14-8-5-9-15-26/h5-19,29-38H,20-25H2,1-4H3/t29-,30-,31+,32+,33+,34+,35-,36-,37-,38-/m1/s1. The quantitative estimate of drug-likeness (QED) is 0.170. The highest BCUT2D eigenvalue weighted by Gasteiger charge is 2.61. The Morgan fingerprint density at radius 3 is 1.65 bits per heavy atom. The second kappa shape index (κ2) is 17.2. The third-order valence-corrected chi connectivity index (χ3v) is 9.67. The molecule has 0 aliphatic carbocycles. The van der Waals surface area contributed by atoms with Crippen LogP contribution < -0.4 is 0 Å². The van der Waals surface area contributed by atoms with Gasteiger partial charge in [-0.15, -0.1) is 0 Å². The first-order chi connectivity index (χ1) is 26.3. The number of benzene rings is 3. The van der Waals surface area contributed by atoms with Gasteiger partial charge in [-0.05, 0) is 44.4 Å². The molecule has 4 aliphatic rings. The van der Waals surface area contributed by atoms with E-state index in [0.717, 1.165) is 16.7 Å². The topological polar surface area (TPSA) is 102 Å². The zero-order chi connectivity index (χ0) is 38.6. The number of rotatable bonds is 15. The third kappa shape index (κ3) is 10.5. The average molecular weight is 775 g/mol. The lowest BCUT2D eigenvalue weighted by molar-refractivity contribution is -0.342. The van der Waals surface area contributed by atoms with Gasteiger partial charge in [0.1, 0.15) is 55.4 Å². The minimum Gasteiger partial charge on any atom is -0.374 e. The van der Waals surface area contributed by atoms with Gasteiger partial charge in [-0.2, -0.15) is 13.2 Å². The summed E-state index contributed by atoms with van der Waals surface area (Å²) in [5.41, 5.74) is 2.51. The van der Waals surface area contributed by atoms with E-state index in [4.69, 9.17) is 52.1 Å². The molecule has 4 heterocycles. The molecule has 0 radical (unpaired) electrons. The lowest BCUT2D eigenvalue weighted by Gasteiger charge is -2.46. The molecule has 0 spiro atoms. The van der Waals surface area contributed by atoms with E-state index < -0.39 is 85.8 Å². The van der Waals surface area contributed by atoms with E-state index in [1.165, 1.54) is 0 Å². The molecule has 11 nitrogen and oxygen atoms in total. The van der Waals surface area contributed by atoms with Gasteiger partial charge in [0.25, 0.3) is 0 Å². The average Bonchev–Trinajstić information content (AvgIpc) is 3.66. The summed E-state index contributed by atoms with van der Waals surface area (Å²) in [5, 5.41) is 0. The van der Waals surface area contributed by atoms with Crippen LogP contribution in [-0.4, -0.2) is 99.0 Å². The summed E-state index contributed by atoms with van der Waals surface area (Å²) < 4.78 is 110. The Bertz CT molecular complexity index is 1630. The molecular weight excluding hydrogens is 725 g/mol. The molecule has 0 bridgehead atoms. The molecule has 0 N–H and O–H groups in total. The van der Waals surface area contributed by atoms with Gasteiger partial charge in [-0.1, -0.05) is 91.0 Å². The predicted molar refractivity (Wildman–Crippen MR) is 189 cm³/mol. The van der Waals surface area contributed by atoms with Crippen molar-refractivity contribution < 1.29 is 65.3 Å². The summed E-state index contributed by atoms with van der Waals surface area (Å²) >= 11 is 0. The van der Waals surface area contributed by atoms with E-state index in [0.29, 0.717) is 0 Å². The fraction of sp³-hybridized carbons (Fsp3) is 0.561. The fourth-order valence-electron chi connectivity index (χ4n) is 7.32. The van der Waals surface area contributed by atoms with Gasteiger partial charge in [0, 0.05) is 0 Å². The maximum Gasteiger partial charge on any atom is 0.411 e. The summed E-state index contributed by atoms with van der Waals surface area (Å²) in [4.78, 5) is 0. The Hall–Kier alpha value is -2.99. The van der Waals surface area contributed by atoms with Crippen molar-refractivity contribution in [2.75, 3.05) is 19.8 Å². The molecule has 4 saturated heterocycles. The van der Waals surface area contributed by atoms with E-state index in [9.17, 15) is 13.2 Å². The van der Waals surface area contributed by atoms with Crippen LogP contribution in [0.25, 0.3) is 0 Å². The largest absolute Gasteiger partial charge is 0.411 e. The monoisotopic (exact) mass is 774 g/mol. The van der Waals surface area contributed by atoms with Crippen molar-refractivity contribution in [1.29, 1.82) is 0 Å². The van der Waals surface area contributed by atoms with E-state index in [2.05, 4.69) is 0 Å². The van der Waals surface area contributed by atoms with Crippen LogP contribution in [0.3, 0.4) is 0 Å². The van der Waals surface area contributed by atoms with Crippen LogP contribution in [0, 0.1) is 0 Å². The Labute approximate surface area is 319 Å². The van der Waals surface area contributed by atoms with Crippen LogP contribution in [0.1, 0.15) is 44.4 Å². The number of alkyl halides is 3. The molecule has 4 fully saturated rings. The van der Waals surface area contributed by atoms with Crippen molar-refractivity contribution in [2.24, 2.45) is 0 Å². The van der Waals surface area contributed by atoms with Crippen molar-refractivity contribution in [2.45, 2.75) is 127 Å². The second-order valence-corrected chi connectivity index (χ2v) is 15.0. The van der Waals surface area contributed by atoms with Crippen molar-refractivity contribution in [3.8, 4) is 0 Å². The summed E-state index contributed by atoms with van der Waals surface area (Å²) in [7, 11) is 0. The lowest BCUT2D eigenvalue weighted by Crippen LogP contribution is -2.63. The maximum absolute atomic E-state index is 13.8. The van der Waals surface area contributed by atoms with Gasteiger partial charge in [0.05, 0.1) is 33.0 Å². The van der Waals surface area contributed by atoms with Gasteiger partial charge in [-0.25, -0.2) is 0 Å². The first kappa shape index (κ1) is 40.2. The zero-order valence-corrected chi connectivity index (χ0v) is 31.3. The van der Waals surface area contributed by atoms with E-state index in [-0.39, 0.29) is 33.0 Å². The minimum absolute atomic E-state index is 0.0544. The molecule has 3 aromatic rings. The maximum atomic E-state index is 13.8.